The lowest BCUT2D eigenvalue weighted by molar-refractivity contribution is 0.293. The topological polar surface area (TPSA) is 83.6 Å². The van der Waals surface area contributed by atoms with Crippen LogP contribution in [0, 0.1) is 5.92 Å². The summed E-state index contributed by atoms with van der Waals surface area (Å²) in [6.07, 6.45) is 0.546. The summed E-state index contributed by atoms with van der Waals surface area (Å²) in [5, 5.41) is 2.92. The van der Waals surface area contributed by atoms with Gasteiger partial charge in [-0.15, -0.1) is 11.6 Å². The van der Waals surface area contributed by atoms with Crippen molar-refractivity contribution >= 4 is 48.6 Å². The minimum Gasteiger partial charge on any atom is -0.357 e. The maximum absolute atomic E-state index is 11.7. The number of nitrogens with zero attached hydrogens (tertiary/aromatic N) is 1. The molecule has 2 aliphatic heterocycles. The second-order valence-electron chi connectivity index (χ2n) is 6.75. The van der Waals surface area contributed by atoms with Crippen molar-refractivity contribution in [3.8, 4) is 0 Å². The summed E-state index contributed by atoms with van der Waals surface area (Å²) < 4.78 is 46.8. The van der Waals surface area contributed by atoms with E-state index in [4.69, 9.17) is 23.8 Å². The molecular weight excluding hydrogens is 380 g/mol. The Morgan fingerprint density at radius 1 is 1.22 bits per heavy atom. The van der Waals surface area contributed by atoms with Gasteiger partial charge in [0.25, 0.3) is 0 Å². The standard InChI is InChI=1S/C13H23ClN2O4S3/c1-9(2)5-16(10-3-4-22(17,18)6-10)13(21)15-12-8-23(19,20)7-11(12)14/h9-12H,3-8H2,1-2H3,(H,15,21). The first-order chi connectivity index (χ1) is 10.5. The summed E-state index contributed by atoms with van der Waals surface area (Å²) in [7, 11) is -6.16. The van der Waals surface area contributed by atoms with Gasteiger partial charge in [-0.1, -0.05) is 13.8 Å². The summed E-state index contributed by atoms with van der Waals surface area (Å²) in [6, 6.07) is -0.587. The Morgan fingerprint density at radius 2 is 1.87 bits per heavy atom. The average molecular weight is 403 g/mol. The van der Waals surface area contributed by atoms with Gasteiger partial charge in [0, 0.05) is 12.6 Å². The number of sulfone groups is 2. The van der Waals surface area contributed by atoms with E-state index in [9.17, 15) is 16.8 Å². The third-order valence-electron chi connectivity index (χ3n) is 4.06. The number of halogens is 1. The van der Waals surface area contributed by atoms with Crippen LogP contribution in [0.1, 0.15) is 20.3 Å². The van der Waals surface area contributed by atoms with Crippen molar-refractivity contribution in [2.24, 2.45) is 5.92 Å². The Kier molecular flexibility index (Phi) is 5.86. The van der Waals surface area contributed by atoms with Crippen molar-refractivity contribution in [1.82, 2.24) is 10.2 Å². The molecule has 1 N–H and O–H groups in total. The molecule has 2 rings (SSSR count). The van der Waals surface area contributed by atoms with Crippen LogP contribution in [-0.2, 0) is 19.7 Å². The van der Waals surface area contributed by atoms with Gasteiger partial charge in [-0.05, 0) is 24.6 Å². The smallest absolute Gasteiger partial charge is 0.169 e. The quantitative estimate of drug-likeness (QED) is 0.538. The first-order valence-corrected chi connectivity index (χ1v) is 12.1. The van der Waals surface area contributed by atoms with Crippen LogP contribution in [0.3, 0.4) is 0 Å². The van der Waals surface area contributed by atoms with E-state index >= 15 is 0 Å². The molecule has 2 saturated heterocycles. The third-order valence-corrected chi connectivity index (χ3v) is 8.54. The van der Waals surface area contributed by atoms with Gasteiger partial charge in [0.2, 0.25) is 0 Å². The van der Waals surface area contributed by atoms with E-state index in [2.05, 4.69) is 5.32 Å². The van der Waals surface area contributed by atoms with Gasteiger partial charge in [0.15, 0.2) is 24.8 Å². The van der Waals surface area contributed by atoms with Gasteiger partial charge >= 0.3 is 0 Å². The van der Waals surface area contributed by atoms with E-state index in [0.717, 1.165) is 0 Å². The molecule has 0 bridgehead atoms. The zero-order valence-corrected chi connectivity index (χ0v) is 16.4. The Morgan fingerprint density at radius 3 is 2.30 bits per heavy atom. The molecule has 2 fully saturated rings. The molecule has 0 amide bonds. The Bertz CT molecular complexity index is 663. The second kappa shape index (κ2) is 7.01. The van der Waals surface area contributed by atoms with Gasteiger partial charge in [0.05, 0.1) is 34.4 Å². The zero-order valence-electron chi connectivity index (χ0n) is 13.2. The van der Waals surface area contributed by atoms with Crippen molar-refractivity contribution in [1.29, 1.82) is 0 Å². The summed E-state index contributed by atoms with van der Waals surface area (Å²) in [4.78, 5) is 1.89. The Hall–Kier alpha value is -0.120. The molecule has 23 heavy (non-hydrogen) atoms. The molecule has 0 saturated carbocycles. The molecule has 134 valence electrons. The van der Waals surface area contributed by atoms with Crippen LogP contribution in [0.5, 0.6) is 0 Å². The molecule has 2 heterocycles. The van der Waals surface area contributed by atoms with Crippen molar-refractivity contribution in [3.05, 3.63) is 0 Å². The number of rotatable bonds is 4. The molecule has 2 aliphatic rings. The predicted molar refractivity (Wildman–Crippen MR) is 96.4 cm³/mol. The highest BCUT2D eigenvalue weighted by atomic mass is 35.5. The minimum absolute atomic E-state index is 0.0419. The van der Waals surface area contributed by atoms with Crippen LogP contribution >= 0.6 is 23.8 Å². The maximum Gasteiger partial charge on any atom is 0.169 e. The molecule has 0 radical (unpaired) electrons. The van der Waals surface area contributed by atoms with Gasteiger partial charge < -0.3 is 10.2 Å². The molecule has 10 heteroatoms. The predicted octanol–water partition coefficient (Wildman–Crippen LogP) is 0.410. The maximum atomic E-state index is 11.7. The molecule has 3 atom stereocenters. The lowest BCUT2D eigenvalue weighted by atomic mass is 10.1. The number of nitrogens with one attached hydrogen (secondary N) is 1. The number of hydrogen-bond donors (Lipinski definition) is 1. The fourth-order valence-electron chi connectivity index (χ4n) is 2.99. The second-order valence-corrected chi connectivity index (χ2v) is 12.1. The monoisotopic (exact) mass is 402 g/mol. The van der Waals surface area contributed by atoms with E-state index in [-0.39, 0.29) is 29.1 Å². The van der Waals surface area contributed by atoms with Gasteiger partial charge in [-0.3, -0.25) is 0 Å². The highest BCUT2D eigenvalue weighted by molar-refractivity contribution is 7.92. The molecule has 0 aromatic rings. The molecule has 6 nitrogen and oxygen atoms in total. The van der Waals surface area contributed by atoms with Crippen LogP contribution in [0.15, 0.2) is 0 Å². The van der Waals surface area contributed by atoms with Crippen molar-refractivity contribution in [2.45, 2.75) is 37.7 Å². The largest absolute Gasteiger partial charge is 0.357 e. The fraction of sp³-hybridized carbons (Fsp3) is 0.923. The zero-order chi connectivity index (χ0) is 17.4. The lowest BCUT2D eigenvalue weighted by Crippen LogP contribution is -2.52. The van der Waals surface area contributed by atoms with E-state index in [0.29, 0.717) is 24.0 Å². The fourth-order valence-corrected chi connectivity index (χ4v) is 7.65. The van der Waals surface area contributed by atoms with Crippen LogP contribution in [0.4, 0.5) is 0 Å². The molecule has 0 aliphatic carbocycles. The third kappa shape index (κ3) is 5.17. The minimum atomic E-state index is -3.15. The molecule has 0 aromatic heterocycles. The highest BCUT2D eigenvalue weighted by Gasteiger charge is 2.39. The first-order valence-electron chi connectivity index (χ1n) is 7.61. The highest BCUT2D eigenvalue weighted by Crippen LogP contribution is 2.22. The molecule has 0 spiro atoms. The van der Waals surface area contributed by atoms with Crippen LogP contribution in [0.25, 0.3) is 0 Å². The SMILES string of the molecule is CC(C)CN(C(=S)NC1CS(=O)(=O)CC1Cl)C1CCS(=O)(=O)C1. The van der Waals surface area contributed by atoms with E-state index < -0.39 is 31.1 Å². The van der Waals surface area contributed by atoms with Crippen molar-refractivity contribution in [3.63, 3.8) is 0 Å². The lowest BCUT2D eigenvalue weighted by Gasteiger charge is -2.34. The number of alkyl halides is 1. The van der Waals surface area contributed by atoms with E-state index in [1.807, 2.05) is 18.7 Å². The molecule has 3 unspecified atom stereocenters. The van der Waals surface area contributed by atoms with Gasteiger partial charge in [-0.25, -0.2) is 16.8 Å². The summed E-state index contributed by atoms with van der Waals surface area (Å²) >= 11 is 11.5. The number of hydrogen-bond acceptors (Lipinski definition) is 5. The van der Waals surface area contributed by atoms with E-state index in [1.54, 1.807) is 0 Å². The van der Waals surface area contributed by atoms with Crippen LogP contribution < -0.4 is 5.32 Å². The summed E-state index contributed by atoms with van der Waals surface area (Å²) in [6.45, 7) is 4.69. The van der Waals surface area contributed by atoms with Crippen molar-refractivity contribution < 1.29 is 16.8 Å². The van der Waals surface area contributed by atoms with E-state index in [1.165, 1.54) is 0 Å². The van der Waals surface area contributed by atoms with Crippen LogP contribution in [0.2, 0.25) is 0 Å². The summed E-state index contributed by atoms with van der Waals surface area (Å²) in [5.41, 5.74) is 0. The van der Waals surface area contributed by atoms with Crippen molar-refractivity contribution in [2.75, 3.05) is 29.6 Å². The Labute approximate surface area is 148 Å². The molecule has 0 aromatic carbocycles. The summed E-state index contributed by atoms with van der Waals surface area (Å²) in [5.74, 6) is 0.466. The first kappa shape index (κ1) is 19.2. The average Bonchev–Trinajstić information content (AvgIpc) is 2.85. The Balaban J connectivity index is 2.08. The number of thiocarbonyl (C=S) groups is 1. The van der Waals surface area contributed by atoms with Gasteiger partial charge in [0.1, 0.15) is 0 Å². The van der Waals surface area contributed by atoms with Crippen LogP contribution in [-0.4, -0.2) is 73.9 Å². The normalized spacial score (nSPS) is 32.1. The van der Waals surface area contributed by atoms with Gasteiger partial charge in [-0.2, -0.15) is 0 Å². The molecular formula is C13H23ClN2O4S3.